The van der Waals surface area contributed by atoms with Crippen molar-refractivity contribution in [2.24, 2.45) is 11.3 Å². The summed E-state index contributed by atoms with van der Waals surface area (Å²) in [6.45, 7) is 17.9. The van der Waals surface area contributed by atoms with Crippen LogP contribution in [-0.2, 0) is 24.3 Å². The van der Waals surface area contributed by atoms with Gasteiger partial charge in [-0.25, -0.2) is 5.48 Å². The van der Waals surface area contributed by atoms with Gasteiger partial charge >= 0.3 is 0 Å². The second kappa shape index (κ2) is 19.5. The van der Waals surface area contributed by atoms with Gasteiger partial charge in [-0.1, -0.05) is 77.8 Å². The van der Waals surface area contributed by atoms with Gasteiger partial charge in [0.25, 0.3) is 0 Å². The van der Waals surface area contributed by atoms with Crippen LogP contribution in [0.3, 0.4) is 0 Å². The fourth-order valence-electron chi connectivity index (χ4n) is 7.16. The van der Waals surface area contributed by atoms with E-state index in [1.165, 1.54) is 37.1 Å². The van der Waals surface area contributed by atoms with Crippen molar-refractivity contribution in [3.05, 3.63) is 46.5 Å². The molecule has 7 rings (SSSR count). The predicted molar refractivity (Wildman–Crippen MR) is 221 cm³/mol. The molecule has 0 radical (unpaired) electrons. The molecule has 53 heavy (non-hydrogen) atoms. The molecule has 5 unspecified atom stereocenters. The van der Waals surface area contributed by atoms with Gasteiger partial charge in [0.15, 0.2) is 0 Å². The summed E-state index contributed by atoms with van der Waals surface area (Å²) in [6.07, 6.45) is 2.81. The summed E-state index contributed by atoms with van der Waals surface area (Å²) in [6, 6.07) is 9.13. The van der Waals surface area contributed by atoms with Crippen LogP contribution >= 0.6 is 43.2 Å². The van der Waals surface area contributed by atoms with Crippen LogP contribution in [-0.4, -0.2) is 94.4 Å². The van der Waals surface area contributed by atoms with Crippen LogP contribution in [0.25, 0.3) is 0 Å². The standard InChI is InChI=1S/C21H34N2O3S2.C16H22N2O3S2.C2H6/c1-20(2,3)15(9-21(4,5)23-25)10-22-11-16(24)18-6-13-8-19-14(12-27-28-19)7-17(13)26-18;19-13(8-17-12-1-3-18(20)4-2-12)15-5-10-7-16-11(9-22-23-16)6-14(10)21-15;1-2/h7-8,15-16,18,22-25H,6,9-12H2,1-5H3;6-7,12-13,15,17,19-20H,1-5,8-9H2;1-2H3. The highest BCUT2D eigenvalue weighted by Gasteiger charge is 2.34. The van der Waals surface area contributed by atoms with Crippen LogP contribution in [0.5, 0.6) is 11.5 Å². The number of hydroxylamine groups is 3. The molecule has 298 valence electrons. The van der Waals surface area contributed by atoms with Gasteiger partial charge in [-0.2, -0.15) is 5.06 Å². The first-order valence-electron chi connectivity index (χ1n) is 19.2. The zero-order chi connectivity index (χ0) is 38.3. The third-order valence-electron chi connectivity index (χ3n) is 10.6. The lowest BCUT2D eigenvalue weighted by molar-refractivity contribution is -0.108. The van der Waals surface area contributed by atoms with Crippen molar-refractivity contribution < 1.29 is 30.1 Å². The monoisotopic (exact) mass is 810 g/mol. The van der Waals surface area contributed by atoms with Gasteiger partial charge in [0.05, 0.1) is 0 Å². The fraction of sp³-hybridized carbons (Fsp3) is 0.692. The Kier molecular flexibility index (Phi) is 15.9. The summed E-state index contributed by atoms with van der Waals surface area (Å²) >= 11 is 0. The lowest BCUT2D eigenvalue weighted by atomic mass is 9.74. The van der Waals surface area contributed by atoms with Crippen molar-refractivity contribution in [1.82, 2.24) is 21.2 Å². The quantitative estimate of drug-likeness (QED) is 0.0869. The molecule has 2 aromatic carbocycles. The minimum atomic E-state index is -0.547. The minimum absolute atomic E-state index is 0.0996. The number of nitrogens with zero attached hydrogens (tertiary/aromatic N) is 1. The SMILES string of the molecule is CC.CC(C)(CC(CNCC(O)C1Cc2cc3c(cc2O1)CSS3)C(C)(C)C)NO.OC(CNC1CCN(O)CC1)C1Cc2cc3c(cc2O1)CSS3. The highest BCUT2D eigenvalue weighted by Crippen LogP contribution is 2.49. The molecule has 5 aliphatic rings. The number of benzene rings is 2. The zero-order valence-electron chi connectivity index (χ0n) is 32.4. The van der Waals surface area contributed by atoms with E-state index in [9.17, 15) is 20.6 Å². The van der Waals surface area contributed by atoms with Crippen molar-refractivity contribution in [2.75, 3.05) is 32.7 Å². The van der Waals surface area contributed by atoms with Gasteiger partial charge in [-0.3, -0.25) is 0 Å². The van der Waals surface area contributed by atoms with E-state index in [0.29, 0.717) is 38.1 Å². The van der Waals surface area contributed by atoms with E-state index in [1.54, 1.807) is 0 Å². The summed E-state index contributed by atoms with van der Waals surface area (Å²) in [5.41, 5.74) is 7.29. The molecule has 1 saturated heterocycles. The average molecular weight is 811 g/mol. The fourth-order valence-corrected chi connectivity index (χ4v) is 12.1. The largest absolute Gasteiger partial charge is 0.487 e. The van der Waals surface area contributed by atoms with Gasteiger partial charge in [0.1, 0.15) is 35.9 Å². The molecule has 2 aromatic rings. The summed E-state index contributed by atoms with van der Waals surface area (Å²) in [4.78, 5) is 2.69. The Morgan fingerprint density at radius 1 is 0.774 bits per heavy atom. The lowest BCUT2D eigenvalue weighted by Crippen LogP contribution is -2.46. The Labute approximate surface area is 332 Å². The molecular formula is C39H62N4O6S4. The molecule has 1 fully saturated rings. The number of piperidine rings is 1. The Bertz CT molecular complexity index is 1420. The number of aliphatic hydroxyl groups is 2. The van der Waals surface area contributed by atoms with Crippen molar-refractivity contribution in [3.63, 3.8) is 0 Å². The van der Waals surface area contributed by atoms with Gasteiger partial charge in [-0.05, 0) is 97.5 Å². The first kappa shape index (κ1) is 43.2. The maximum absolute atomic E-state index is 10.7. The van der Waals surface area contributed by atoms with Gasteiger partial charge in [0, 0.05) is 71.9 Å². The van der Waals surface area contributed by atoms with Crippen molar-refractivity contribution in [1.29, 1.82) is 0 Å². The van der Waals surface area contributed by atoms with Crippen LogP contribution < -0.4 is 25.6 Å². The third kappa shape index (κ3) is 11.8. The third-order valence-corrected chi connectivity index (χ3v) is 15.3. The maximum Gasteiger partial charge on any atom is 0.130 e. The molecule has 0 spiro atoms. The molecule has 5 atom stereocenters. The molecule has 0 aromatic heterocycles. The zero-order valence-corrected chi connectivity index (χ0v) is 35.7. The van der Waals surface area contributed by atoms with E-state index in [4.69, 9.17) is 9.47 Å². The summed E-state index contributed by atoms with van der Waals surface area (Å²) in [7, 11) is 7.40. The van der Waals surface area contributed by atoms with Crippen LogP contribution in [0.2, 0.25) is 0 Å². The van der Waals surface area contributed by atoms with Crippen LogP contribution in [0.4, 0.5) is 0 Å². The van der Waals surface area contributed by atoms with Crippen molar-refractivity contribution >= 4 is 43.2 Å². The first-order chi connectivity index (χ1) is 25.3. The number of ether oxygens (including phenoxy) is 2. The lowest BCUT2D eigenvalue weighted by Gasteiger charge is -2.37. The molecule has 0 aliphatic carbocycles. The molecule has 10 nitrogen and oxygen atoms in total. The van der Waals surface area contributed by atoms with E-state index in [1.807, 2.05) is 70.9 Å². The van der Waals surface area contributed by atoms with Crippen molar-refractivity contribution in [3.8, 4) is 11.5 Å². The smallest absolute Gasteiger partial charge is 0.130 e. The van der Waals surface area contributed by atoms with Gasteiger partial charge < -0.3 is 40.7 Å². The Balaban J connectivity index is 0.000000198. The number of nitrogens with one attached hydrogen (secondary N) is 3. The molecule has 0 bridgehead atoms. The van der Waals surface area contributed by atoms with E-state index in [0.717, 1.165) is 61.7 Å². The van der Waals surface area contributed by atoms with Crippen molar-refractivity contribution in [2.45, 2.75) is 138 Å². The highest BCUT2D eigenvalue weighted by molar-refractivity contribution is 8.77. The normalized spacial score (nSPS) is 22.5. The van der Waals surface area contributed by atoms with E-state index < -0.39 is 12.2 Å². The Hall–Kier alpha value is -0.880. The van der Waals surface area contributed by atoms with Gasteiger partial charge in [0.2, 0.25) is 0 Å². The molecule has 5 heterocycles. The predicted octanol–water partition coefficient (Wildman–Crippen LogP) is 7.08. The summed E-state index contributed by atoms with van der Waals surface area (Å²) in [5, 5.41) is 48.1. The van der Waals surface area contributed by atoms with Crippen LogP contribution in [0, 0.1) is 11.3 Å². The summed E-state index contributed by atoms with van der Waals surface area (Å²) in [5.74, 6) is 4.31. The molecular weight excluding hydrogens is 749 g/mol. The maximum atomic E-state index is 10.7. The van der Waals surface area contributed by atoms with Crippen LogP contribution in [0.15, 0.2) is 34.1 Å². The minimum Gasteiger partial charge on any atom is -0.487 e. The molecule has 14 heteroatoms. The number of hydrogen-bond acceptors (Lipinski definition) is 14. The molecule has 0 saturated carbocycles. The van der Waals surface area contributed by atoms with Gasteiger partial charge in [-0.15, -0.1) is 0 Å². The van der Waals surface area contributed by atoms with Crippen LogP contribution in [0.1, 0.15) is 90.0 Å². The second-order valence-corrected chi connectivity index (χ2v) is 20.9. The molecule has 0 amide bonds. The number of fused-ring (bicyclic) bond motifs is 4. The Morgan fingerprint density at radius 3 is 1.77 bits per heavy atom. The number of aliphatic hydroxyl groups excluding tert-OH is 2. The van der Waals surface area contributed by atoms with E-state index in [2.05, 4.69) is 61.2 Å². The Morgan fingerprint density at radius 2 is 1.28 bits per heavy atom. The second-order valence-electron chi connectivity index (χ2n) is 16.2. The number of hydrogen-bond donors (Lipinski definition) is 7. The topological polar surface area (TPSA) is 139 Å². The first-order valence-corrected chi connectivity index (χ1v) is 23.8. The highest BCUT2D eigenvalue weighted by atomic mass is 33.1. The molecule has 5 aliphatic heterocycles. The summed E-state index contributed by atoms with van der Waals surface area (Å²) < 4.78 is 12.1. The molecule has 7 N–H and O–H groups in total. The number of rotatable bonds is 12. The average Bonchev–Trinajstić information content (AvgIpc) is 3.95. The van der Waals surface area contributed by atoms with E-state index in [-0.39, 0.29) is 23.2 Å². The van der Waals surface area contributed by atoms with E-state index >= 15 is 0 Å².